The summed E-state index contributed by atoms with van der Waals surface area (Å²) in [7, 11) is 0. The number of furan rings is 1. The lowest BCUT2D eigenvalue weighted by molar-refractivity contribution is 0.566. The molecule has 248 valence electrons. The maximum atomic E-state index is 6.71. The van der Waals surface area contributed by atoms with Gasteiger partial charge in [0, 0.05) is 53.9 Å². The van der Waals surface area contributed by atoms with Crippen LogP contribution in [0.25, 0.3) is 66.4 Å². The van der Waals surface area contributed by atoms with Crippen molar-refractivity contribution in [1.29, 1.82) is 0 Å². The van der Waals surface area contributed by atoms with Gasteiger partial charge in [-0.25, -0.2) is 0 Å². The Morgan fingerprint density at radius 3 is 2.27 bits per heavy atom. The zero-order valence-corrected chi connectivity index (χ0v) is 29.3. The maximum absolute atomic E-state index is 6.71. The lowest BCUT2D eigenvalue weighted by Gasteiger charge is -2.29. The first-order valence-corrected chi connectivity index (χ1v) is 19.0. The number of hydrogen-bond donors (Lipinski definition) is 0. The fraction of sp³-hybridized carbons (Fsp3) is 0.0833. The van der Waals surface area contributed by atoms with E-state index in [4.69, 9.17) is 4.42 Å². The van der Waals surface area contributed by atoms with Crippen LogP contribution in [-0.4, -0.2) is 4.57 Å². The molecule has 6 aromatic carbocycles. The second-order valence-corrected chi connectivity index (χ2v) is 15.1. The van der Waals surface area contributed by atoms with Crippen molar-refractivity contribution in [1.82, 2.24) is 4.57 Å². The van der Waals surface area contributed by atoms with Crippen LogP contribution >= 0.6 is 11.3 Å². The van der Waals surface area contributed by atoms with Gasteiger partial charge < -0.3 is 13.9 Å². The summed E-state index contributed by atoms with van der Waals surface area (Å²) in [5.74, 6) is 0.347. The van der Waals surface area contributed by atoms with Crippen molar-refractivity contribution in [2.24, 2.45) is 0 Å². The standard InChI is InChI=1S/C48H34N2OS/c1-2-11-33(12-3-1)50-42-17-7-4-13-36(42)37-28-26-35(30-44(37)50)49(43-18-10-16-41-38-14-5-8-19-45(38)51-48(41)43)34-24-21-31(22-25-34)32-23-27-40-39-15-6-9-20-46(39)52-47(40)29-32/h1-9,11-17,19-28,30,32H,10,18,29H2. The minimum atomic E-state index is 0.347. The summed E-state index contributed by atoms with van der Waals surface area (Å²) in [6.45, 7) is 0. The topological polar surface area (TPSA) is 21.3 Å². The van der Waals surface area contributed by atoms with Gasteiger partial charge >= 0.3 is 0 Å². The van der Waals surface area contributed by atoms with Crippen LogP contribution in [0.4, 0.5) is 11.4 Å². The molecule has 0 N–H and O–H groups in total. The number of nitrogens with zero attached hydrogens (tertiary/aromatic N) is 2. The van der Waals surface area contributed by atoms with Crippen LogP contribution in [0.15, 0.2) is 156 Å². The van der Waals surface area contributed by atoms with Crippen LogP contribution in [-0.2, 0) is 6.42 Å². The number of para-hydroxylation sites is 3. The van der Waals surface area contributed by atoms with Gasteiger partial charge in [-0.2, -0.15) is 0 Å². The minimum Gasteiger partial charge on any atom is -0.454 e. The molecule has 11 rings (SSSR count). The number of allylic oxidation sites excluding steroid dienone is 1. The van der Waals surface area contributed by atoms with Crippen molar-refractivity contribution in [3.63, 3.8) is 0 Å². The number of hydrogen-bond acceptors (Lipinski definition) is 3. The van der Waals surface area contributed by atoms with Crippen molar-refractivity contribution in [2.45, 2.75) is 25.2 Å². The molecular formula is C48H34N2OS. The van der Waals surface area contributed by atoms with Gasteiger partial charge in [-0.05, 0) is 90.4 Å². The Bertz CT molecular complexity index is 3000. The van der Waals surface area contributed by atoms with Crippen LogP contribution < -0.4 is 15.5 Å². The Morgan fingerprint density at radius 1 is 0.654 bits per heavy atom. The van der Waals surface area contributed by atoms with E-state index in [-0.39, 0.29) is 0 Å². The fourth-order valence-electron chi connectivity index (χ4n) is 8.61. The highest BCUT2D eigenvalue weighted by Crippen LogP contribution is 2.42. The minimum absolute atomic E-state index is 0.347. The number of rotatable bonds is 5. The third-order valence-corrected chi connectivity index (χ3v) is 12.2. The molecular weight excluding hydrogens is 653 g/mol. The smallest absolute Gasteiger partial charge is 0.154 e. The molecule has 3 heterocycles. The average molecular weight is 687 g/mol. The summed E-state index contributed by atoms with van der Waals surface area (Å²) in [5.41, 5.74) is 11.6. The van der Waals surface area contributed by atoms with Gasteiger partial charge in [0.15, 0.2) is 5.42 Å². The van der Waals surface area contributed by atoms with E-state index in [2.05, 4.69) is 173 Å². The molecule has 9 aromatic rings. The lowest BCUT2D eigenvalue weighted by Crippen LogP contribution is -2.33. The third-order valence-electron chi connectivity index (χ3n) is 11.0. The highest BCUT2D eigenvalue weighted by atomic mass is 32.1. The molecule has 3 nitrogen and oxygen atoms in total. The molecule has 0 amide bonds. The molecule has 0 bridgehead atoms. The van der Waals surface area contributed by atoms with E-state index in [1.54, 1.807) is 0 Å². The second kappa shape index (κ2) is 11.7. The van der Waals surface area contributed by atoms with Gasteiger partial charge in [0.2, 0.25) is 0 Å². The summed E-state index contributed by atoms with van der Waals surface area (Å²) in [6, 6.07) is 52.9. The molecule has 3 aromatic heterocycles. The van der Waals surface area contributed by atoms with Crippen LogP contribution in [0, 0.1) is 0 Å². The van der Waals surface area contributed by atoms with Crippen molar-refractivity contribution in [2.75, 3.05) is 4.90 Å². The Balaban J connectivity index is 1.09. The largest absolute Gasteiger partial charge is 0.454 e. The fourth-order valence-corrected chi connectivity index (χ4v) is 9.86. The molecule has 0 fully saturated rings. The zero-order chi connectivity index (χ0) is 34.2. The highest BCUT2D eigenvalue weighted by molar-refractivity contribution is 7.19. The van der Waals surface area contributed by atoms with Gasteiger partial charge in [-0.15, -0.1) is 11.3 Å². The summed E-state index contributed by atoms with van der Waals surface area (Å²) < 4.78 is 10.5. The number of anilines is 2. The van der Waals surface area contributed by atoms with E-state index in [1.165, 1.54) is 64.2 Å². The molecule has 0 saturated heterocycles. The van der Waals surface area contributed by atoms with Crippen LogP contribution in [0.3, 0.4) is 0 Å². The maximum Gasteiger partial charge on any atom is 0.154 e. The van der Waals surface area contributed by atoms with Gasteiger partial charge in [-0.3, -0.25) is 0 Å². The molecule has 0 spiro atoms. The molecule has 2 aliphatic rings. The summed E-state index contributed by atoms with van der Waals surface area (Å²) >= 11 is 1.94. The summed E-state index contributed by atoms with van der Waals surface area (Å²) in [6.07, 6.45) is 9.97. The molecule has 0 radical (unpaired) electrons. The Hall–Kier alpha value is -6.10. The van der Waals surface area contributed by atoms with Crippen LogP contribution in [0.1, 0.15) is 34.8 Å². The first kappa shape index (κ1) is 29.6. The Morgan fingerprint density at radius 2 is 1.38 bits per heavy atom. The van der Waals surface area contributed by atoms with E-state index >= 15 is 0 Å². The van der Waals surface area contributed by atoms with E-state index in [0.29, 0.717) is 5.92 Å². The van der Waals surface area contributed by atoms with Crippen LogP contribution in [0.2, 0.25) is 0 Å². The molecule has 1 unspecified atom stereocenters. The Kier molecular flexibility index (Phi) is 6.68. The van der Waals surface area contributed by atoms with E-state index < -0.39 is 0 Å². The van der Waals surface area contributed by atoms with Crippen molar-refractivity contribution >= 4 is 83.4 Å². The quantitative estimate of drug-likeness (QED) is 0.180. The Labute approximate surface area is 305 Å². The second-order valence-electron chi connectivity index (χ2n) is 14.0. The number of aromatic nitrogens is 1. The highest BCUT2D eigenvalue weighted by Gasteiger charge is 2.24. The van der Waals surface area contributed by atoms with Gasteiger partial charge in [-0.1, -0.05) is 109 Å². The van der Waals surface area contributed by atoms with Gasteiger partial charge in [0.1, 0.15) is 5.58 Å². The van der Waals surface area contributed by atoms with Crippen molar-refractivity contribution < 1.29 is 4.42 Å². The van der Waals surface area contributed by atoms with Crippen molar-refractivity contribution in [3.05, 3.63) is 178 Å². The van der Waals surface area contributed by atoms with Gasteiger partial charge in [0.05, 0.1) is 16.7 Å². The predicted octanol–water partition coefficient (Wildman–Crippen LogP) is 11.6. The number of benzene rings is 6. The van der Waals surface area contributed by atoms with Crippen molar-refractivity contribution in [3.8, 4) is 5.69 Å². The third kappa shape index (κ3) is 4.57. The normalized spacial score (nSPS) is 15.3. The van der Waals surface area contributed by atoms with E-state index in [1.807, 2.05) is 11.3 Å². The van der Waals surface area contributed by atoms with Gasteiger partial charge in [0.25, 0.3) is 0 Å². The average Bonchev–Trinajstić information content (AvgIpc) is 3.88. The molecule has 4 heteroatoms. The SMILES string of the molecule is C1=CC(c2ccc(N(C3=c4oc5ccccc5c4=CCC3)c3ccc4c5ccccc5n(-c5ccccc5)c4c3)cc2)Cc2sc3ccccc3c21. The molecule has 0 aliphatic heterocycles. The predicted molar refractivity (Wildman–Crippen MR) is 219 cm³/mol. The van der Waals surface area contributed by atoms with Crippen LogP contribution in [0.5, 0.6) is 0 Å². The number of thiophene rings is 1. The molecule has 0 saturated carbocycles. The van der Waals surface area contributed by atoms with E-state index in [9.17, 15) is 0 Å². The zero-order valence-electron chi connectivity index (χ0n) is 28.5. The first-order valence-electron chi connectivity index (χ1n) is 18.2. The monoisotopic (exact) mass is 686 g/mol. The molecule has 1 atom stereocenters. The lowest BCUT2D eigenvalue weighted by atomic mass is 9.88. The molecule has 52 heavy (non-hydrogen) atoms. The summed E-state index contributed by atoms with van der Waals surface area (Å²) in [4.78, 5) is 3.93. The molecule has 2 aliphatic carbocycles. The van der Waals surface area contributed by atoms with E-state index in [0.717, 1.165) is 47.3 Å². The first-order chi connectivity index (χ1) is 25.8. The number of fused-ring (bicyclic) bond motifs is 9. The summed E-state index contributed by atoms with van der Waals surface area (Å²) in [5, 5.41) is 6.25.